The molecule has 1 saturated carbocycles. The van der Waals surface area contributed by atoms with Crippen LogP contribution in [0.1, 0.15) is 43.7 Å². The van der Waals surface area contributed by atoms with Crippen molar-refractivity contribution in [3.8, 4) is 5.75 Å². The summed E-state index contributed by atoms with van der Waals surface area (Å²) in [4.78, 5) is 12.6. The third kappa shape index (κ3) is 4.69. The number of benzene rings is 2. The maximum atomic E-state index is 12.6. The van der Waals surface area contributed by atoms with Gasteiger partial charge in [0.1, 0.15) is 11.9 Å². The molecule has 1 N–H and O–H groups in total. The molecule has 4 nitrogen and oxygen atoms in total. The Kier molecular flexibility index (Phi) is 6.51. The maximum Gasteiger partial charge on any atom is 0.248 e. The molecule has 0 heterocycles. The zero-order valence-electron chi connectivity index (χ0n) is 16.2. The van der Waals surface area contributed by atoms with Gasteiger partial charge in [0, 0.05) is 17.5 Å². The first-order valence-electron chi connectivity index (χ1n) is 9.71. The lowest BCUT2D eigenvalue weighted by atomic mass is 9.78. The second-order valence-electron chi connectivity index (χ2n) is 7.34. The molecule has 27 heavy (non-hydrogen) atoms. The van der Waals surface area contributed by atoms with Crippen molar-refractivity contribution >= 4 is 5.91 Å². The third-order valence-electron chi connectivity index (χ3n) is 5.55. The Morgan fingerprint density at radius 2 is 1.74 bits per heavy atom. The molecular formula is C23H29NO3. The number of nitrogens with one attached hydrogen (secondary N) is 1. The van der Waals surface area contributed by atoms with E-state index in [1.54, 1.807) is 7.11 Å². The summed E-state index contributed by atoms with van der Waals surface area (Å²) < 4.78 is 11.3. The fraction of sp³-hybridized carbons (Fsp3) is 0.435. The molecular weight excluding hydrogens is 338 g/mol. The van der Waals surface area contributed by atoms with E-state index in [-0.39, 0.29) is 11.3 Å². The third-order valence-corrected chi connectivity index (χ3v) is 5.55. The van der Waals surface area contributed by atoms with Gasteiger partial charge in [0.2, 0.25) is 5.91 Å². The van der Waals surface area contributed by atoms with Gasteiger partial charge in [-0.2, -0.15) is 0 Å². The Balaban J connectivity index is 1.61. The van der Waals surface area contributed by atoms with E-state index in [1.165, 1.54) is 18.4 Å². The molecule has 1 unspecified atom stereocenters. The molecule has 0 radical (unpaired) electrons. The van der Waals surface area contributed by atoms with Crippen molar-refractivity contribution in [3.63, 3.8) is 0 Å². The van der Waals surface area contributed by atoms with Gasteiger partial charge in [-0.15, -0.1) is 0 Å². The number of carbonyl (C=O) groups is 1. The lowest BCUT2D eigenvalue weighted by Crippen LogP contribution is -2.43. The Bertz CT molecular complexity index is 738. The summed E-state index contributed by atoms with van der Waals surface area (Å²) in [6, 6.07) is 18.1. The van der Waals surface area contributed by atoms with Crippen molar-refractivity contribution in [2.75, 3.05) is 13.7 Å². The molecule has 1 atom stereocenters. The van der Waals surface area contributed by atoms with Crippen LogP contribution in [0.15, 0.2) is 54.6 Å². The average molecular weight is 367 g/mol. The minimum Gasteiger partial charge on any atom is -0.496 e. The smallest absolute Gasteiger partial charge is 0.248 e. The van der Waals surface area contributed by atoms with Crippen LogP contribution in [0.25, 0.3) is 0 Å². The lowest BCUT2D eigenvalue weighted by molar-refractivity contribution is -0.132. The Morgan fingerprint density at radius 3 is 2.44 bits per heavy atom. The number of rotatable bonds is 8. The number of methoxy groups -OCH3 is 1. The monoisotopic (exact) mass is 367 g/mol. The predicted octanol–water partition coefficient (Wildman–Crippen LogP) is 4.23. The van der Waals surface area contributed by atoms with E-state index in [0.29, 0.717) is 13.2 Å². The van der Waals surface area contributed by atoms with E-state index in [2.05, 4.69) is 11.4 Å². The van der Waals surface area contributed by atoms with E-state index in [1.807, 2.05) is 55.5 Å². The Morgan fingerprint density at radius 1 is 1.07 bits per heavy atom. The van der Waals surface area contributed by atoms with Gasteiger partial charge in [-0.25, -0.2) is 0 Å². The van der Waals surface area contributed by atoms with Gasteiger partial charge < -0.3 is 14.8 Å². The first-order chi connectivity index (χ1) is 13.1. The first kappa shape index (κ1) is 19.4. The average Bonchev–Trinajstić information content (AvgIpc) is 3.21. The molecule has 2 aromatic carbocycles. The zero-order chi connectivity index (χ0) is 19.1. The summed E-state index contributed by atoms with van der Waals surface area (Å²) in [5, 5.41) is 3.13. The molecule has 3 rings (SSSR count). The second kappa shape index (κ2) is 9.05. The minimum atomic E-state index is -0.485. The second-order valence-corrected chi connectivity index (χ2v) is 7.34. The van der Waals surface area contributed by atoms with Gasteiger partial charge in [-0.05, 0) is 31.4 Å². The van der Waals surface area contributed by atoms with E-state index in [9.17, 15) is 4.79 Å². The maximum absolute atomic E-state index is 12.6. The van der Waals surface area contributed by atoms with E-state index < -0.39 is 6.10 Å². The molecule has 0 aromatic heterocycles. The Hall–Kier alpha value is -2.33. The molecule has 0 aliphatic heterocycles. The highest BCUT2D eigenvalue weighted by atomic mass is 16.5. The zero-order valence-corrected chi connectivity index (χ0v) is 16.2. The SMILES string of the molecule is COc1ccccc1C1(CNC(=O)C(C)OCc2ccccc2)CCCC1. The lowest BCUT2D eigenvalue weighted by Gasteiger charge is -2.31. The summed E-state index contributed by atoms with van der Waals surface area (Å²) in [6.45, 7) is 2.86. The molecule has 1 amide bonds. The highest BCUT2D eigenvalue weighted by molar-refractivity contribution is 5.80. The fourth-order valence-corrected chi connectivity index (χ4v) is 3.95. The van der Waals surface area contributed by atoms with Crippen molar-refractivity contribution < 1.29 is 14.3 Å². The van der Waals surface area contributed by atoms with Gasteiger partial charge in [0.25, 0.3) is 0 Å². The molecule has 144 valence electrons. The fourth-order valence-electron chi connectivity index (χ4n) is 3.95. The molecule has 0 spiro atoms. The molecule has 0 bridgehead atoms. The van der Waals surface area contributed by atoms with Crippen molar-refractivity contribution in [1.82, 2.24) is 5.32 Å². The van der Waals surface area contributed by atoms with Gasteiger partial charge in [-0.1, -0.05) is 61.4 Å². The van der Waals surface area contributed by atoms with Crippen LogP contribution in [0.3, 0.4) is 0 Å². The highest BCUT2D eigenvalue weighted by Crippen LogP contribution is 2.44. The molecule has 1 aliphatic carbocycles. The van der Waals surface area contributed by atoms with Crippen molar-refractivity contribution in [2.24, 2.45) is 0 Å². The van der Waals surface area contributed by atoms with Gasteiger partial charge in [-0.3, -0.25) is 4.79 Å². The van der Waals surface area contributed by atoms with Crippen LogP contribution >= 0.6 is 0 Å². The molecule has 1 fully saturated rings. The van der Waals surface area contributed by atoms with Crippen LogP contribution in [0.2, 0.25) is 0 Å². The number of hydrogen-bond acceptors (Lipinski definition) is 3. The van der Waals surface area contributed by atoms with Crippen molar-refractivity contribution in [1.29, 1.82) is 0 Å². The van der Waals surface area contributed by atoms with Gasteiger partial charge >= 0.3 is 0 Å². The van der Waals surface area contributed by atoms with E-state index >= 15 is 0 Å². The normalized spacial score (nSPS) is 16.7. The van der Waals surface area contributed by atoms with Crippen LogP contribution in [-0.4, -0.2) is 25.7 Å². The number of ether oxygens (including phenoxy) is 2. The predicted molar refractivity (Wildman–Crippen MR) is 107 cm³/mol. The molecule has 4 heteroatoms. The summed E-state index contributed by atoms with van der Waals surface area (Å²) in [5.41, 5.74) is 2.21. The number of amides is 1. The van der Waals surface area contributed by atoms with E-state index in [0.717, 1.165) is 24.2 Å². The largest absolute Gasteiger partial charge is 0.496 e. The van der Waals surface area contributed by atoms with Crippen LogP contribution in [0, 0.1) is 0 Å². The number of hydrogen-bond donors (Lipinski definition) is 1. The first-order valence-corrected chi connectivity index (χ1v) is 9.71. The van der Waals surface area contributed by atoms with Crippen LogP contribution in [0.4, 0.5) is 0 Å². The summed E-state index contributed by atoms with van der Waals surface area (Å²) in [5.74, 6) is 0.842. The van der Waals surface area contributed by atoms with Crippen molar-refractivity contribution in [3.05, 3.63) is 65.7 Å². The molecule has 0 saturated heterocycles. The van der Waals surface area contributed by atoms with Crippen LogP contribution in [-0.2, 0) is 21.6 Å². The molecule has 2 aromatic rings. The van der Waals surface area contributed by atoms with Gasteiger partial charge in [0.15, 0.2) is 0 Å². The highest BCUT2D eigenvalue weighted by Gasteiger charge is 2.38. The summed E-state index contributed by atoms with van der Waals surface area (Å²) >= 11 is 0. The quantitative estimate of drug-likeness (QED) is 0.760. The van der Waals surface area contributed by atoms with E-state index in [4.69, 9.17) is 9.47 Å². The standard InChI is InChI=1S/C23H29NO3/c1-18(27-16-19-10-4-3-5-11-19)22(25)24-17-23(14-8-9-15-23)20-12-6-7-13-21(20)26-2/h3-7,10-13,18H,8-9,14-17H2,1-2H3,(H,24,25). The number of para-hydroxylation sites is 1. The Labute approximate surface area is 161 Å². The summed E-state index contributed by atoms with van der Waals surface area (Å²) in [7, 11) is 1.71. The topological polar surface area (TPSA) is 47.6 Å². The van der Waals surface area contributed by atoms with Crippen LogP contribution in [0.5, 0.6) is 5.75 Å². The molecule has 1 aliphatic rings. The van der Waals surface area contributed by atoms with Gasteiger partial charge in [0.05, 0.1) is 13.7 Å². The minimum absolute atomic E-state index is 0.0542. The van der Waals surface area contributed by atoms with Crippen molar-refractivity contribution in [2.45, 2.75) is 50.7 Å². The van der Waals surface area contributed by atoms with Crippen LogP contribution < -0.4 is 10.1 Å². The summed E-state index contributed by atoms with van der Waals surface area (Å²) in [6.07, 6.45) is 3.99. The number of carbonyl (C=O) groups excluding carboxylic acids is 1.